The van der Waals surface area contributed by atoms with Crippen molar-refractivity contribution in [2.75, 3.05) is 0 Å². The average Bonchev–Trinajstić information content (AvgIpc) is 3.68. The molecule has 48 heavy (non-hydrogen) atoms. The third-order valence-electron chi connectivity index (χ3n) is 13.9. The molecule has 4 fully saturated rings. The number of hydrogen-bond acceptors (Lipinski definition) is 3. The highest BCUT2D eigenvalue weighted by molar-refractivity contribution is 6.74. The van der Waals surface area contributed by atoms with Crippen LogP contribution in [0.15, 0.2) is 59.8 Å². The van der Waals surface area contributed by atoms with Crippen molar-refractivity contribution in [2.45, 2.75) is 175 Å². The van der Waals surface area contributed by atoms with Gasteiger partial charge in [0.15, 0.2) is 22.4 Å². The van der Waals surface area contributed by atoms with E-state index in [1.165, 1.54) is 43.3 Å². The highest BCUT2D eigenvalue weighted by Gasteiger charge is 2.51. The number of carbonyl (C=O) groups is 1. The number of ketones is 1. The highest BCUT2D eigenvalue weighted by atomic mass is 28.4. The summed E-state index contributed by atoms with van der Waals surface area (Å²) in [5, 5.41) is 0.308. The van der Waals surface area contributed by atoms with Gasteiger partial charge in [-0.2, -0.15) is 0 Å². The van der Waals surface area contributed by atoms with Crippen molar-refractivity contribution in [1.82, 2.24) is 0 Å². The van der Waals surface area contributed by atoms with Crippen molar-refractivity contribution in [3.8, 4) is 0 Å². The van der Waals surface area contributed by atoms with Gasteiger partial charge < -0.3 is 8.85 Å². The monoisotopic (exact) mass is 693 g/mol. The highest BCUT2D eigenvalue weighted by Crippen LogP contribution is 2.60. The lowest BCUT2D eigenvalue weighted by atomic mass is 9.61. The molecule has 0 saturated heterocycles. The van der Waals surface area contributed by atoms with Gasteiger partial charge in [0.05, 0.1) is 17.6 Å². The fraction of sp³-hybridized carbons (Fsp3) is 0.744. The van der Waals surface area contributed by atoms with Crippen LogP contribution in [0.5, 0.6) is 0 Å². The second kappa shape index (κ2) is 14.4. The molecule has 4 aliphatic rings. The van der Waals surface area contributed by atoms with E-state index in [9.17, 15) is 4.79 Å². The van der Waals surface area contributed by atoms with E-state index >= 15 is 0 Å². The number of hydrogen-bond donors (Lipinski definition) is 0. The lowest BCUT2D eigenvalue weighted by molar-refractivity contribution is -0.117. The summed E-state index contributed by atoms with van der Waals surface area (Å²) in [5.41, 5.74) is 4.19. The van der Waals surface area contributed by atoms with Crippen molar-refractivity contribution in [3.63, 3.8) is 0 Å². The third-order valence-corrected chi connectivity index (χ3v) is 22.9. The van der Waals surface area contributed by atoms with Crippen LogP contribution in [0.25, 0.3) is 0 Å². The van der Waals surface area contributed by atoms with Crippen LogP contribution in [0, 0.1) is 28.6 Å². The molecule has 5 heteroatoms. The summed E-state index contributed by atoms with van der Waals surface area (Å²) in [4.78, 5) is 13.2. The maximum atomic E-state index is 13.2. The van der Waals surface area contributed by atoms with Gasteiger partial charge in [-0.1, -0.05) is 105 Å². The van der Waals surface area contributed by atoms with Crippen LogP contribution < -0.4 is 0 Å². The first-order chi connectivity index (χ1) is 22.1. The molecular formula is C43H72O3Si2. The fourth-order valence-electron chi connectivity index (χ4n) is 8.42. The largest absolute Gasteiger partial charge is 0.413 e. The zero-order valence-electron chi connectivity index (χ0n) is 33.4. The Hall–Kier alpha value is -1.28. The van der Waals surface area contributed by atoms with Gasteiger partial charge in [-0.05, 0) is 134 Å². The lowest BCUT2D eigenvalue weighted by Crippen LogP contribution is -2.49. The molecule has 0 aromatic rings. The molecule has 0 N–H and O–H groups in total. The van der Waals surface area contributed by atoms with Gasteiger partial charge in [0.2, 0.25) is 0 Å². The van der Waals surface area contributed by atoms with Crippen molar-refractivity contribution in [1.29, 1.82) is 0 Å². The van der Waals surface area contributed by atoms with Crippen LogP contribution in [0.4, 0.5) is 0 Å². The molecular weight excluding hydrogens is 621 g/mol. The number of fused-ring (bicyclic) bond motifs is 1. The average molecular weight is 693 g/mol. The minimum atomic E-state index is -1.99. The quantitative estimate of drug-likeness (QED) is 0.123. The summed E-state index contributed by atoms with van der Waals surface area (Å²) >= 11 is 0. The SMILES string of the molecule is C=C1/C(=C\C=C2/CCC[C@]3(C)[C@@H]([C@H](C)/C=C/C(=O)C4(/C=C/CC)CC4)CC[C@@H]23)C[C@@H](O[Si](C)(C)C(C)(C)C)C[C@@H]1O[Si](C)(C)C(C)(C)C. The number of rotatable bonds is 11. The maximum absolute atomic E-state index is 13.2. The van der Waals surface area contributed by atoms with Crippen molar-refractivity contribution >= 4 is 22.4 Å². The van der Waals surface area contributed by atoms with E-state index in [1.807, 2.05) is 6.08 Å². The van der Waals surface area contributed by atoms with E-state index in [2.05, 4.69) is 119 Å². The lowest BCUT2D eigenvalue weighted by Gasteiger charge is -2.45. The first-order valence-electron chi connectivity index (χ1n) is 19.4. The van der Waals surface area contributed by atoms with Gasteiger partial charge in [-0.3, -0.25) is 4.79 Å². The Bertz CT molecular complexity index is 1310. The molecule has 6 atom stereocenters. The van der Waals surface area contributed by atoms with E-state index in [4.69, 9.17) is 15.4 Å². The van der Waals surface area contributed by atoms with Crippen LogP contribution in [-0.2, 0) is 13.6 Å². The van der Waals surface area contributed by atoms with E-state index < -0.39 is 16.6 Å². The smallest absolute Gasteiger partial charge is 0.192 e. The fourth-order valence-corrected chi connectivity index (χ4v) is 11.1. The Morgan fingerprint density at radius 2 is 1.60 bits per heavy atom. The summed E-state index contributed by atoms with van der Waals surface area (Å²) in [7, 11) is -3.94. The Balaban J connectivity index is 1.56. The van der Waals surface area contributed by atoms with Crippen LogP contribution in [0.2, 0.25) is 36.3 Å². The van der Waals surface area contributed by atoms with E-state index in [-0.39, 0.29) is 33.1 Å². The molecule has 0 bridgehead atoms. The van der Waals surface area contributed by atoms with E-state index in [0.717, 1.165) is 32.1 Å². The standard InChI is InChI=1S/C43H72O3Si2/c1-15-16-26-43(27-28-43)39(44)24-19-31(2)36-22-23-37-33(18-17-25-42(36,37)10)20-21-34-29-35(45-47(11,12)40(4,5)6)30-38(32(34)3)46-48(13,14)41(7,8)9/h16,19-21,24,26,31,35-38H,3,15,17-18,22-23,25,27-30H2,1-2,4-14H3/b24-19+,26-16+,33-20+,34-21-/t31-,35-,36-,37+,38+,42-/m1/s1. The van der Waals surface area contributed by atoms with E-state index in [0.29, 0.717) is 23.5 Å². The van der Waals surface area contributed by atoms with Crippen LogP contribution >= 0.6 is 0 Å². The molecule has 0 amide bonds. The summed E-state index contributed by atoms with van der Waals surface area (Å²) < 4.78 is 14.2. The number of carbonyl (C=O) groups excluding carboxylic acids is 1. The van der Waals surface area contributed by atoms with Crippen molar-refractivity contribution < 1.29 is 13.6 Å². The molecule has 4 saturated carbocycles. The molecule has 0 aromatic heterocycles. The first-order valence-corrected chi connectivity index (χ1v) is 25.2. The molecule has 3 nitrogen and oxygen atoms in total. The molecule has 270 valence electrons. The molecule has 4 aliphatic carbocycles. The number of allylic oxidation sites excluding steroid dienone is 7. The first kappa shape index (κ1) is 39.5. The molecule has 0 unspecified atom stereocenters. The third kappa shape index (κ3) is 8.43. The second-order valence-electron chi connectivity index (χ2n) is 19.4. The topological polar surface area (TPSA) is 35.5 Å². The predicted molar refractivity (Wildman–Crippen MR) is 211 cm³/mol. The molecule has 0 aliphatic heterocycles. The molecule has 0 radical (unpaired) electrons. The Labute approximate surface area is 298 Å². The van der Waals surface area contributed by atoms with Gasteiger partial charge in [0.25, 0.3) is 0 Å². The molecule has 4 rings (SSSR count). The Morgan fingerprint density at radius 1 is 0.979 bits per heavy atom. The van der Waals surface area contributed by atoms with Gasteiger partial charge in [-0.25, -0.2) is 0 Å². The van der Waals surface area contributed by atoms with E-state index in [1.54, 1.807) is 5.57 Å². The van der Waals surface area contributed by atoms with Gasteiger partial charge in [0.1, 0.15) is 0 Å². The maximum Gasteiger partial charge on any atom is 0.192 e. The molecule has 0 heterocycles. The summed E-state index contributed by atoms with van der Waals surface area (Å²) in [6.07, 6.45) is 24.7. The predicted octanol–water partition coefficient (Wildman–Crippen LogP) is 12.7. The van der Waals surface area contributed by atoms with Gasteiger partial charge >= 0.3 is 0 Å². The summed E-state index contributed by atoms with van der Waals surface area (Å²) in [6.45, 7) is 35.2. The zero-order valence-corrected chi connectivity index (χ0v) is 35.4. The van der Waals surface area contributed by atoms with Crippen molar-refractivity contribution in [3.05, 3.63) is 59.8 Å². The Morgan fingerprint density at radius 3 is 2.19 bits per heavy atom. The van der Waals surface area contributed by atoms with Gasteiger partial charge in [0, 0.05) is 6.42 Å². The van der Waals surface area contributed by atoms with Crippen LogP contribution in [0.1, 0.15) is 127 Å². The summed E-state index contributed by atoms with van der Waals surface area (Å²) in [5.74, 6) is 1.94. The van der Waals surface area contributed by atoms with Gasteiger partial charge in [-0.15, -0.1) is 0 Å². The normalized spacial score (nSPS) is 32.4. The molecule has 0 spiro atoms. The van der Waals surface area contributed by atoms with Crippen LogP contribution in [-0.4, -0.2) is 34.6 Å². The minimum Gasteiger partial charge on any atom is -0.413 e. The second-order valence-corrected chi connectivity index (χ2v) is 28.9. The summed E-state index contributed by atoms with van der Waals surface area (Å²) in [6, 6.07) is 0. The zero-order chi connectivity index (χ0) is 35.9. The van der Waals surface area contributed by atoms with Crippen molar-refractivity contribution in [2.24, 2.45) is 28.6 Å². The molecule has 0 aromatic carbocycles. The minimum absolute atomic E-state index is 0.00845. The van der Waals surface area contributed by atoms with Crippen LogP contribution in [0.3, 0.4) is 0 Å². The Kier molecular flexibility index (Phi) is 11.8.